The van der Waals surface area contributed by atoms with E-state index in [1.54, 1.807) is 42.5 Å². The molecule has 3 aromatic carbocycles. The van der Waals surface area contributed by atoms with E-state index in [-0.39, 0.29) is 41.5 Å². The largest absolute Gasteiger partial charge is 0.489 e. The second-order valence-electron chi connectivity index (χ2n) is 8.24. The number of aromatic nitrogens is 1. The molecular formula is C29H21N3O7. The molecule has 0 atom stereocenters. The summed E-state index contributed by atoms with van der Waals surface area (Å²) in [5, 5.41) is 30.2. The second kappa shape index (κ2) is 12.0. The number of nitrogens with zero attached hydrogens (tertiary/aromatic N) is 2. The van der Waals surface area contributed by atoms with Gasteiger partial charge in [-0.15, -0.1) is 0 Å². The lowest BCUT2D eigenvalue weighted by molar-refractivity contribution is 0.0685. The van der Waals surface area contributed by atoms with Crippen LogP contribution in [0.15, 0.2) is 85.1 Å². The number of carbonyl (C=O) groups is 3. The molecule has 0 aliphatic carbocycles. The minimum Gasteiger partial charge on any atom is -0.489 e. The number of carboxylic acid groups (broad SMARTS) is 2. The molecule has 0 spiro atoms. The summed E-state index contributed by atoms with van der Waals surface area (Å²) >= 11 is 0. The molecule has 10 nitrogen and oxygen atoms in total. The predicted octanol–water partition coefficient (Wildman–Crippen LogP) is 4.76. The number of carbonyl (C=O) groups excluding carboxylic acids is 1. The summed E-state index contributed by atoms with van der Waals surface area (Å²) in [4.78, 5) is 39.3. The predicted molar refractivity (Wildman–Crippen MR) is 139 cm³/mol. The minimum atomic E-state index is -1.14. The first-order valence-corrected chi connectivity index (χ1v) is 11.5. The first kappa shape index (κ1) is 26.4. The Morgan fingerprint density at radius 1 is 0.795 bits per heavy atom. The average Bonchev–Trinajstić information content (AvgIpc) is 2.95. The molecule has 10 heteroatoms. The van der Waals surface area contributed by atoms with Crippen LogP contribution in [0, 0.1) is 11.3 Å². The van der Waals surface area contributed by atoms with Gasteiger partial charge in [0, 0.05) is 23.4 Å². The fourth-order valence-corrected chi connectivity index (χ4v) is 3.53. The molecule has 0 saturated heterocycles. The van der Waals surface area contributed by atoms with Crippen LogP contribution in [0.3, 0.4) is 0 Å². The molecule has 0 radical (unpaired) electrons. The Kier molecular flexibility index (Phi) is 8.14. The summed E-state index contributed by atoms with van der Waals surface area (Å²) < 4.78 is 11.8. The zero-order valence-corrected chi connectivity index (χ0v) is 20.3. The van der Waals surface area contributed by atoms with Crippen molar-refractivity contribution in [2.45, 2.75) is 13.2 Å². The standard InChI is InChI=1S/C29H21N3O7/c30-14-20-5-1-2-6-22(20)17-39-25-12-23(27(33)32-26-9-8-21(15-31-26)29(36)37)11-24(13-25)38-16-18-4-3-7-19(10-18)28(34)35/h1-13,15H,16-17H2,(H,34,35)(H,36,37)(H,31,32,33). The van der Waals surface area contributed by atoms with Gasteiger partial charge in [0.2, 0.25) is 0 Å². The van der Waals surface area contributed by atoms with Gasteiger partial charge in [-0.25, -0.2) is 14.6 Å². The third-order valence-corrected chi connectivity index (χ3v) is 5.51. The number of hydrogen-bond donors (Lipinski definition) is 3. The molecule has 0 aliphatic heterocycles. The number of rotatable bonds is 10. The molecule has 0 saturated carbocycles. The Morgan fingerprint density at radius 3 is 2.18 bits per heavy atom. The van der Waals surface area contributed by atoms with E-state index in [1.807, 2.05) is 0 Å². The summed E-state index contributed by atoms with van der Waals surface area (Å²) in [5.74, 6) is -2.04. The molecule has 4 rings (SSSR count). The molecular weight excluding hydrogens is 502 g/mol. The van der Waals surface area contributed by atoms with E-state index in [9.17, 15) is 24.8 Å². The number of benzene rings is 3. The van der Waals surface area contributed by atoms with E-state index in [0.717, 1.165) is 6.20 Å². The number of hydrogen-bond acceptors (Lipinski definition) is 7. The molecule has 0 fully saturated rings. The SMILES string of the molecule is N#Cc1ccccc1COc1cc(OCc2cccc(C(=O)O)c2)cc(C(=O)Nc2ccc(C(=O)O)cn2)c1. The molecule has 0 aliphatic rings. The van der Waals surface area contributed by atoms with E-state index in [2.05, 4.69) is 16.4 Å². The van der Waals surface area contributed by atoms with Gasteiger partial charge >= 0.3 is 11.9 Å². The fourth-order valence-electron chi connectivity index (χ4n) is 3.53. The second-order valence-corrected chi connectivity index (χ2v) is 8.24. The Morgan fingerprint density at radius 2 is 1.51 bits per heavy atom. The van der Waals surface area contributed by atoms with E-state index < -0.39 is 17.8 Å². The van der Waals surface area contributed by atoms with Crippen molar-refractivity contribution in [1.29, 1.82) is 5.26 Å². The van der Waals surface area contributed by atoms with Crippen LogP contribution in [0.2, 0.25) is 0 Å². The highest BCUT2D eigenvalue weighted by atomic mass is 16.5. The van der Waals surface area contributed by atoms with Gasteiger partial charge in [-0.05, 0) is 48.0 Å². The van der Waals surface area contributed by atoms with Gasteiger partial charge in [-0.2, -0.15) is 5.26 Å². The van der Waals surface area contributed by atoms with E-state index in [0.29, 0.717) is 22.4 Å². The average molecular weight is 524 g/mol. The van der Waals surface area contributed by atoms with Crippen LogP contribution >= 0.6 is 0 Å². The van der Waals surface area contributed by atoms with Gasteiger partial charge < -0.3 is 25.0 Å². The van der Waals surface area contributed by atoms with Crippen molar-refractivity contribution in [3.8, 4) is 17.6 Å². The third kappa shape index (κ3) is 6.96. The number of amides is 1. The molecule has 4 aromatic rings. The van der Waals surface area contributed by atoms with Gasteiger partial charge in [0.15, 0.2) is 0 Å². The van der Waals surface area contributed by atoms with Gasteiger partial charge in [-0.3, -0.25) is 4.79 Å². The normalized spacial score (nSPS) is 10.2. The summed E-state index contributed by atoms with van der Waals surface area (Å²) in [7, 11) is 0. The number of anilines is 1. The van der Waals surface area contributed by atoms with Crippen molar-refractivity contribution in [3.63, 3.8) is 0 Å². The fraction of sp³-hybridized carbons (Fsp3) is 0.0690. The van der Waals surface area contributed by atoms with Gasteiger partial charge in [0.1, 0.15) is 30.5 Å². The highest BCUT2D eigenvalue weighted by Gasteiger charge is 2.14. The van der Waals surface area contributed by atoms with E-state index >= 15 is 0 Å². The maximum Gasteiger partial charge on any atom is 0.337 e. The zero-order valence-electron chi connectivity index (χ0n) is 20.3. The quantitative estimate of drug-likeness (QED) is 0.266. The van der Waals surface area contributed by atoms with Crippen LogP contribution in [-0.2, 0) is 13.2 Å². The highest BCUT2D eigenvalue weighted by molar-refractivity contribution is 6.04. The smallest absolute Gasteiger partial charge is 0.337 e. The van der Waals surface area contributed by atoms with Crippen molar-refractivity contribution in [1.82, 2.24) is 4.98 Å². The molecule has 1 amide bonds. The lowest BCUT2D eigenvalue weighted by Crippen LogP contribution is -2.14. The first-order valence-electron chi connectivity index (χ1n) is 11.5. The zero-order chi connectivity index (χ0) is 27.8. The van der Waals surface area contributed by atoms with E-state index in [1.165, 1.54) is 36.4 Å². The number of nitrogens with one attached hydrogen (secondary N) is 1. The summed E-state index contributed by atoms with van der Waals surface area (Å²) in [6.07, 6.45) is 1.13. The minimum absolute atomic E-state index is 0.0244. The van der Waals surface area contributed by atoms with E-state index in [4.69, 9.17) is 14.6 Å². The third-order valence-electron chi connectivity index (χ3n) is 5.51. The Balaban J connectivity index is 1.57. The first-order chi connectivity index (χ1) is 18.8. The Hall–Kier alpha value is -5.69. The van der Waals surface area contributed by atoms with Gasteiger partial charge in [0.25, 0.3) is 5.91 Å². The maximum absolute atomic E-state index is 13.0. The summed E-state index contributed by atoms with van der Waals surface area (Å²) in [6, 6.07) is 22.6. The molecule has 0 unspecified atom stereocenters. The van der Waals surface area contributed by atoms with Crippen molar-refractivity contribution in [3.05, 3.63) is 118 Å². The van der Waals surface area contributed by atoms with Crippen LogP contribution < -0.4 is 14.8 Å². The van der Waals surface area contributed by atoms with Crippen molar-refractivity contribution in [2.75, 3.05) is 5.32 Å². The number of nitriles is 1. The monoisotopic (exact) mass is 523 g/mol. The Labute approximate surface area is 222 Å². The molecule has 1 aromatic heterocycles. The number of ether oxygens (including phenoxy) is 2. The molecule has 39 heavy (non-hydrogen) atoms. The molecule has 3 N–H and O–H groups in total. The summed E-state index contributed by atoms with van der Waals surface area (Å²) in [6.45, 7) is 0.0915. The van der Waals surface area contributed by atoms with Crippen LogP contribution in [0.25, 0.3) is 0 Å². The maximum atomic E-state index is 13.0. The van der Waals surface area contributed by atoms with Crippen molar-refractivity contribution >= 4 is 23.7 Å². The van der Waals surface area contributed by atoms with Gasteiger partial charge in [-0.1, -0.05) is 30.3 Å². The molecule has 0 bridgehead atoms. The number of pyridine rings is 1. The molecule has 194 valence electrons. The topological polar surface area (TPSA) is 159 Å². The van der Waals surface area contributed by atoms with Crippen LogP contribution in [0.1, 0.15) is 47.8 Å². The van der Waals surface area contributed by atoms with Crippen LogP contribution in [-0.4, -0.2) is 33.0 Å². The molecule has 1 heterocycles. The summed E-state index contributed by atoms with van der Waals surface area (Å²) in [5.41, 5.74) is 1.98. The Bertz CT molecular complexity index is 1580. The lowest BCUT2D eigenvalue weighted by atomic mass is 10.1. The lowest BCUT2D eigenvalue weighted by Gasteiger charge is -2.13. The number of aromatic carboxylic acids is 2. The van der Waals surface area contributed by atoms with Gasteiger partial charge in [0.05, 0.1) is 22.8 Å². The highest BCUT2D eigenvalue weighted by Crippen LogP contribution is 2.26. The van der Waals surface area contributed by atoms with Crippen LogP contribution in [0.4, 0.5) is 5.82 Å². The number of carboxylic acids is 2. The van der Waals surface area contributed by atoms with Crippen molar-refractivity contribution in [2.24, 2.45) is 0 Å². The van der Waals surface area contributed by atoms with Crippen LogP contribution in [0.5, 0.6) is 11.5 Å². The van der Waals surface area contributed by atoms with Crippen molar-refractivity contribution < 1.29 is 34.1 Å².